The largest absolute Gasteiger partial charge is 1.00 e. The number of carbonyl (C=O) groups excluding carboxylic acids is 3. The molecule has 3 heterocycles. The summed E-state index contributed by atoms with van der Waals surface area (Å²) in [7, 11) is -4.96. The van der Waals surface area contributed by atoms with Crippen molar-refractivity contribution in [3.63, 3.8) is 0 Å². The average Bonchev–Trinajstić information content (AvgIpc) is 3.08. The Morgan fingerprint density at radius 3 is 2.71 bits per heavy atom. The maximum atomic E-state index is 12.4. The van der Waals surface area contributed by atoms with Crippen LogP contribution in [0.3, 0.4) is 0 Å². The molecular formula is C15H15N2NaO7S3. The van der Waals surface area contributed by atoms with Gasteiger partial charge in [-0.05, 0) is 11.4 Å². The summed E-state index contributed by atoms with van der Waals surface area (Å²) in [5.74, 6) is -1.58. The summed E-state index contributed by atoms with van der Waals surface area (Å²) in [4.78, 5) is 37.2. The van der Waals surface area contributed by atoms with Crippen molar-refractivity contribution in [2.45, 2.75) is 24.8 Å². The summed E-state index contributed by atoms with van der Waals surface area (Å²) in [5, 5.41) is 3.05. The van der Waals surface area contributed by atoms with Gasteiger partial charge >= 0.3 is 35.5 Å². The Hall–Kier alpha value is -0.890. The quantitative estimate of drug-likeness (QED) is 0.208. The molecule has 2 atom stereocenters. The van der Waals surface area contributed by atoms with Gasteiger partial charge < -0.3 is 14.6 Å². The zero-order valence-corrected chi connectivity index (χ0v) is 19.5. The van der Waals surface area contributed by atoms with Gasteiger partial charge in [-0.25, -0.2) is 8.42 Å². The van der Waals surface area contributed by atoms with E-state index in [4.69, 9.17) is 4.74 Å². The monoisotopic (exact) mass is 454 g/mol. The van der Waals surface area contributed by atoms with E-state index in [0.29, 0.717) is 0 Å². The normalized spacial score (nSPS) is 21.4. The van der Waals surface area contributed by atoms with E-state index < -0.39 is 38.4 Å². The van der Waals surface area contributed by atoms with Crippen molar-refractivity contribution < 1.29 is 61.6 Å². The summed E-state index contributed by atoms with van der Waals surface area (Å²) in [6.07, 6.45) is 0.110. The molecule has 2 aliphatic rings. The Labute approximate surface area is 191 Å². The van der Waals surface area contributed by atoms with Gasteiger partial charge in [-0.2, -0.15) is 0 Å². The van der Waals surface area contributed by atoms with Crippen molar-refractivity contribution in [3.05, 3.63) is 33.0 Å². The van der Waals surface area contributed by atoms with Crippen molar-refractivity contribution in [2.24, 2.45) is 0 Å². The summed E-state index contributed by atoms with van der Waals surface area (Å²) >= 11 is 2.60. The van der Waals surface area contributed by atoms with E-state index in [-0.39, 0.29) is 59.8 Å². The molecule has 0 radical (unpaired) electrons. The molecule has 1 fully saturated rings. The molecule has 1 aromatic rings. The number of carbonyl (C=O) groups is 3. The van der Waals surface area contributed by atoms with E-state index in [9.17, 15) is 27.4 Å². The molecule has 0 spiro atoms. The fourth-order valence-electron chi connectivity index (χ4n) is 2.79. The van der Waals surface area contributed by atoms with Gasteiger partial charge in [0.15, 0.2) is 0 Å². The molecule has 146 valence electrons. The maximum Gasteiger partial charge on any atom is 1.00 e. The molecule has 0 aliphatic carbocycles. The van der Waals surface area contributed by atoms with Gasteiger partial charge in [0.2, 0.25) is 5.91 Å². The minimum absolute atomic E-state index is 0. The minimum atomic E-state index is -4.96. The Morgan fingerprint density at radius 2 is 2.14 bits per heavy atom. The van der Waals surface area contributed by atoms with Gasteiger partial charge in [0.05, 0.1) is 6.42 Å². The number of nitrogens with zero attached hydrogens (tertiary/aromatic N) is 1. The van der Waals surface area contributed by atoms with E-state index in [1.807, 2.05) is 5.38 Å². The van der Waals surface area contributed by atoms with Crippen molar-refractivity contribution in [1.82, 2.24) is 10.2 Å². The molecule has 28 heavy (non-hydrogen) atoms. The van der Waals surface area contributed by atoms with Crippen LogP contribution in [0.25, 0.3) is 0 Å². The molecule has 0 bridgehead atoms. The van der Waals surface area contributed by atoms with E-state index in [1.165, 1.54) is 23.1 Å². The number of thiophene rings is 1. The first-order chi connectivity index (χ1) is 12.7. The smallest absolute Gasteiger partial charge is 0.743 e. The van der Waals surface area contributed by atoms with Gasteiger partial charge in [0.1, 0.15) is 33.2 Å². The second kappa shape index (κ2) is 9.28. The molecule has 2 aliphatic heterocycles. The van der Waals surface area contributed by atoms with Gasteiger partial charge in [-0.3, -0.25) is 19.3 Å². The van der Waals surface area contributed by atoms with E-state index in [0.717, 1.165) is 16.7 Å². The van der Waals surface area contributed by atoms with Crippen LogP contribution in [0.2, 0.25) is 0 Å². The molecule has 1 saturated heterocycles. The second-order valence-corrected chi connectivity index (χ2v) is 9.29. The topological polar surface area (TPSA) is 133 Å². The predicted octanol–water partition coefficient (Wildman–Crippen LogP) is -2.99. The van der Waals surface area contributed by atoms with E-state index >= 15 is 0 Å². The summed E-state index contributed by atoms with van der Waals surface area (Å²) in [5.41, 5.74) is 0.0539. The Balaban J connectivity index is 0.00000280. The van der Waals surface area contributed by atoms with Gasteiger partial charge in [-0.1, -0.05) is 6.07 Å². The van der Waals surface area contributed by atoms with Crippen molar-refractivity contribution in [3.8, 4) is 0 Å². The number of rotatable bonds is 6. The van der Waals surface area contributed by atoms with Crippen LogP contribution in [0, 0.1) is 0 Å². The minimum Gasteiger partial charge on any atom is -0.743 e. The van der Waals surface area contributed by atoms with Gasteiger partial charge in [0.25, 0.3) is 5.91 Å². The fourth-order valence-corrected chi connectivity index (χ4v) is 5.90. The molecule has 9 nitrogen and oxygen atoms in total. The number of nitrogens with one attached hydrogen (secondary N) is 1. The third-order valence-corrected chi connectivity index (χ3v) is 7.09. The van der Waals surface area contributed by atoms with Crippen LogP contribution >= 0.6 is 23.1 Å². The standard InChI is InChI=1S/C15H16N2O7S3.Na/c1-8(18)24-6-9-7-26-14-12(13(20)17(14)15(9)27(21,22)23)16-11(19)5-10-3-2-4-25-10;/h2-4,12,14H,5-7H2,1H3,(H,16,19)(H,21,22,23);/q;+1/p-1/t12-,14+;/m1./s1. The maximum absolute atomic E-state index is 12.4. The number of thioether (sulfide) groups is 1. The average molecular weight is 454 g/mol. The zero-order chi connectivity index (χ0) is 19.8. The van der Waals surface area contributed by atoms with Crippen molar-refractivity contribution in [2.75, 3.05) is 12.4 Å². The third kappa shape index (κ3) is 4.99. The van der Waals surface area contributed by atoms with Crippen molar-refractivity contribution in [1.29, 1.82) is 0 Å². The molecule has 0 saturated carbocycles. The number of amides is 2. The first-order valence-corrected chi connectivity index (χ1v) is 11.1. The van der Waals surface area contributed by atoms with Crippen LogP contribution in [0.15, 0.2) is 28.1 Å². The summed E-state index contributed by atoms with van der Waals surface area (Å²) < 4.78 is 39.8. The SMILES string of the molecule is CC(=O)OCC1=C(S(=O)(=O)[O-])N2C(=O)[C@@H](NC(=O)Cc3cccs3)[C@@H]2SC1.[Na+]. The van der Waals surface area contributed by atoms with Crippen LogP contribution < -0.4 is 34.9 Å². The fraction of sp³-hybridized carbons (Fsp3) is 0.400. The number of hydrogen-bond donors (Lipinski definition) is 1. The second-order valence-electron chi connectivity index (χ2n) is 5.85. The van der Waals surface area contributed by atoms with Crippen LogP contribution in [-0.2, 0) is 35.7 Å². The predicted molar refractivity (Wildman–Crippen MR) is 96.4 cm³/mol. The zero-order valence-electron chi connectivity index (χ0n) is 15.0. The molecule has 1 N–H and O–H groups in total. The molecule has 3 rings (SSSR count). The molecule has 2 amide bonds. The first kappa shape index (κ1) is 23.4. The molecule has 0 unspecified atom stereocenters. The van der Waals surface area contributed by atoms with E-state index in [1.54, 1.807) is 12.1 Å². The summed E-state index contributed by atoms with van der Waals surface area (Å²) in [6.45, 7) is 0.768. The number of ether oxygens (including phenoxy) is 1. The van der Waals surface area contributed by atoms with Gasteiger partial charge in [0, 0.05) is 23.1 Å². The van der Waals surface area contributed by atoms with Crippen LogP contribution in [0.1, 0.15) is 11.8 Å². The third-order valence-electron chi connectivity index (χ3n) is 3.91. The molecule has 13 heteroatoms. The number of fused-ring (bicyclic) bond motifs is 1. The Morgan fingerprint density at radius 1 is 1.43 bits per heavy atom. The molecule has 0 aromatic carbocycles. The van der Waals surface area contributed by atoms with Crippen molar-refractivity contribution >= 4 is 51.0 Å². The Bertz CT molecular complexity index is 914. The van der Waals surface area contributed by atoms with E-state index in [2.05, 4.69) is 5.32 Å². The molecular weight excluding hydrogens is 439 g/mol. The van der Waals surface area contributed by atoms with Crippen LogP contribution in [0.5, 0.6) is 0 Å². The number of β-lactam (4-membered cyclic amide) rings is 1. The number of esters is 1. The van der Waals surface area contributed by atoms with Crippen LogP contribution in [0.4, 0.5) is 0 Å². The summed E-state index contributed by atoms with van der Waals surface area (Å²) in [6, 6.07) is 2.69. The first-order valence-electron chi connectivity index (χ1n) is 7.76. The molecule has 1 aromatic heterocycles. The Kier molecular flexibility index (Phi) is 7.76. The van der Waals surface area contributed by atoms with Gasteiger partial charge in [-0.15, -0.1) is 23.1 Å². The van der Waals surface area contributed by atoms with Crippen LogP contribution in [-0.4, -0.2) is 59.4 Å². The number of hydrogen-bond acceptors (Lipinski definition) is 9.